The van der Waals surface area contributed by atoms with Crippen LogP contribution in [0.4, 0.5) is 5.69 Å². The van der Waals surface area contributed by atoms with Crippen molar-refractivity contribution in [3.8, 4) is 5.75 Å². The van der Waals surface area contributed by atoms with E-state index in [1.54, 1.807) is 37.3 Å². The normalized spacial score (nSPS) is 23.8. The Morgan fingerprint density at radius 3 is 2.79 bits per heavy atom. The number of anilines is 1. The Morgan fingerprint density at radius 2 is 2.11 bits per heavy atom. The van der Waals surface area contributed by atoms with Gasteiger partial charge in [-0.05, 0) is 25.0 Å². The van der Waals surface area contributed by atoms with Crippen LogP contribution in [0.1, 0.15) is 24.2 Å². The first-order valence-electron chi connectivity index (χ1n) is 9.43. The van der Waals surface area contributed by atoms with Crippen molar-refractivity contribution in [1.29, 1.82) is 0 Å². The van der Waals surface area contributed by atoms with Gasteiger partial charge in [-0.25, -0.2) is 0 Å². The van der Waals surface area contributed by atoms with E-state index in [-0.39, 0.29) is 36.5 Å². The zero-order chi connectivity index (χ0) is 20.7. The quantitative estimate of drug-likeness (QED) is 0.803. The van der Waals surface area contributed by atoms with E-state index in [1.807, 2.05) is 6.92 Å². The van der Waals surface area contributed by atoms with Gasteiger partial charge in [0.1, 0.15) is 19.0 Å². The van der Waals surface area contributed by atoms with Gasteiger partial charge in [0.2, 0.25) is 5.91 Å². The number of likely N-dealkylation sites (N-methyl/N-ethyl adjacent to an activating group) is 1. The summed E-state index contributed by atoms with van der Waals surface area (Å²) in [6.45, 7) is 5.70. The molecule has 1 heterocycles. The van der Waals surface area contributed by atoms with Gasteiger partial charge in [0.25, 0.3) is 5.91 Å². The molecule has 0 saturated heterocycles. The summed E-state index contributed by atoms with van der Waals surface area (Å²) in [7, 11) is 4.88. The molecule has 156 valence electrons. The number of benzene rings is 1. The molecule has 1 aliphatic rings. The first-order valence-corrected chi connectivity index (χ1v) is 9.43. The molecule has 0 saturated carbocycles. The molecule has 2 rings (SSSR count). The fourth-order valence-corrected chi connectivity index (χ4v) is 3.06. The number of fused-ring (bicyclic) bond motifs is 1. The molecular formula is C20H31N3O5. The lowest BCUT2D eigenvalue weighted by atomic mass is 10.0. The maximum absolute atomic E-state index is 13.0. The van der Waals surface area contributed by atoms with Crippen molar-refractivity contribution in [2.24, 2.45) is 5.92 Å². The standard InChI is InChI=1S/C20H31N3O5/c1-13-9-21-14(2)11-28-17-8-15(22-19(24)12-26-4)6-7-16(17)20(25)23(3)10-18(13)27-5/h6-8,13-14,18,21H,9-12H2,1-5H3,(H,22,24)/t13-,14+,18+/m0/s1. The molecule has 0 radical (unpaired) electrons. The number of nitrogens with zero attached hydrogens (tertiary/aromatic N) is 1. The number of carbonyl (C=O) groups is 2. The maximum atomic E-state index is 13.0. The van der Waals surface area contributed by atoms with E-state index in [2.05, 4.69) is 17.6 Å². The summed E-state index contributed by atoms with van der Waals surface area (Å²) in [5, 5.41) is 6.17. The van der Waals surface area contributed by atoms with Gasteiger partial charge in [-0.2, -0.15) is 0 Å². The molecule has 2 N–H and O–H groups in total. The lowest BCUT2D eigenvalue weighted by Crippen LogP contribution is -2.44. The molecule has 0 unspecified atom stereocenters. The summed E-state index contributed by atoms with van der Waals surface area (Å²) in [6.07, 6.45) is -0.0787. The number of carbonyl (C=O) groups excluding carboxylic acids is 2. The third-order valence-electron chi connectivity index (χ3n) is 4.79. The van der Waals surface area contributed by atoms with Crippen molar-refractivity contribution < 1.29 is 23.8 Å². The van der Waals surface area contributed by atoms with Gasteiger partial charge in [0.05, 0.1) is 11.7 Å². The van der Waals surface area contributed by atoms with E-state index < -0.39 is 0 Å². The molecule has 0 bridgehead atoms. The highest BCUT2D eigenvalue weighted by atomic mass is 16.5. The summed E-state index contributed by atoms with van der Waals surface area (Å²) in [5.74, 6) is 0.245. The van der Waals surface area contributed by atoms with Crippen LogP contribution < -0.4 is 15.4 Å². The lowest BCUT2D eigenvalue weighted by molar-refractivity contribution is -0.119. The number of ether oxygens (including phenoxy) is 3. The second kappa shape index (κ2) is 10.4. The number of amides is 2. The summed E-state index contributed by atoms with van der Waals surface area (Å²) in [5.41, 5.74) is 0.995. The molecular weight excluding hydrogens is 362 g/mol. The van der Waals surface area contributed by atoms with Crippen LogP contribution in [0.25, 0.3) is 0 Å². The predicted molar refractivity (Wildman–Crippen MR) is 107 cm³/mol. The molecule has 1 aromatic carbocycles. The summed E-state index contributed by atoms with van der Waals surface area (Å²) in [6, 6.07) is 5.12. The van der Waals surface area contributed by atoms with Crippen LogP contribution in [0, 0.1) is 5.92 Å². The van der Waals surface area contributed by atoms with Crippen LogP contribution in [-0.2, 0) is 14.3 Å². The molecule has 1 aromatic rings. The topological polar surface area (TPSA) is 89.1 Å². The van der Waals surface area contributed by atoms with Crippen molar-refractivity contribution in [3.63, 3.8) is 0 Å². The first kappa shape index (κ1) is 22.1. The second-order valence-corrected chi connectivity index (χ2v) is 7.25. The van der Waals surface area contributed by atoms with Gasteiger partial charge in [0, 0.05) is 52.2 Å². The smallest absolute Gasteiger partial charge is 0.257 e. The SMILES string of the molecule is COCC(=O)Nc1ccc2c(c1)OC[C@@H](C)NC[C@H](C)[C@H](OC)CN(C)C2=O. The zero-order valence-electron chi connectivity index (χ0n) is 17.3. The fraction of sp³-hybridized carbons (Fsp3) is 0.600. The predicted octanol–water partition coefficient (Wildman–Crippen LogP) is 1.37. The van der Waals surface area contributed by atoms with Crippen molar-refractivity contribution in [2.45, 2.75) is 26.0 Å². The number of hydrogen-bond acceptors (Lipinski definition) is 6. The minimum absolute atomic E-state index is 0.0445. The van der Waals surface area contributed by atoms with E-state index in [1.165, 1.54) is 7.11 Å². The van der Waals surface area contributed by atoms with E-state index in [0.717, 1.165) is 6.54 Å². The Balaban J connectivity index is 2.31. The Labute approximate surface area is 166 Å². The fourth-order valence-electron chi connectivity index (χ4n) is 3.06. The second-order valence-electron chi connectivity index (χ2n) is 7.25. The third-order valence-corrected chi connectivity index (χ3v) is 4.79. The largest absolute Gasteiger partial charge is 0.491 e. The molecule has 0 spiro atoms. The summed E-state index contributed by atoms with van der Waals surface area (Å²) in [4.78, 5) is 26.4. The van der Waals surface area contributed by atoms with Crippen molar-refractivity contribution in [3.05, 3.63) is 23.8 Å². The van der Waals surface area contributed by atoms with Crippen LogP contribution in [0.15, 0.2) is 18.2 Å². The van der Waals surface area contributed by atoms with Gasteiger partial charge < -0.3 is 29.7 Å². The zero-order valence-corrected chi connectivity index (χ0v) is 17.3. The van der Waals surface area contributed by atoms with Gasteiger partial charge in [0.15, 0.2) is 0 Å². The van der Waals surface area contributed by atoms with Gasteiger partial charge >= 0.3 is 0 Å². The van der Waals surface area contributed by atoms with Crippen LogP contribution in [0.3, 0.4) is 0 Å². The van der Waals surface area contributed by atoms with E-state index >= 15 is 0 Å². The number of rotatable bonds is 4. The molecule has 2 amide bonds. The Hall–Kier alpha value is -2.16. The number of nitrogens with one attached hydrogen (secondary N) is 2. The van der Waals surface area contributed by atoms with Crippen molar-refractivity contribution in [2.75, 3.05) is 52.9 Å². The molecule has 1 aliphatic heterocycles. The van der Waals surface area contributed by atoms with Gasteiger partial charge in [-0.3, -0.25) is 9.59 Å². The third kappa shape index (κ3) is 5.92. The average molecular weight is 393 g/mol. The van der Waals surface area contributed by atoms with Crippen LogP contribution in [0.5, 0.6) is 5.75 Å². The lowest BCUT2D eigenvalue weighted by Gasteiger charge is -2.30. The molecule has 0 fully saturated rings. The summed E-state index contributed by atoms with van der Waals surface area (Å²) < 4.78 is 16.4. The van der Waals surface area contributed by atoms with Gasteiger partial charge in [-0.1, -0.05) is 6.92 Å². The molecule has 8 heteroatoms. The van der Waals surface area contributed by atoms with E-state index in [9.17, 15) is 9.59 Å². The Bertz CT molecular complexity index is 682. The highest BCUT2D eigenvalue weighted by Gasteiger charge is 2.25. The van der Waals surface area contributed by atoms with E-state index in [0.29, 0.717) is 30.2 Å². The first-order chi connectivity index (χ1) is 13.3. The van der Waals surface area contributed by atoms with E-state index in [4.69, 9.17) is 14.2 Å². The number of hydrogen-bond donors (Lipinski definition) is 2. The molecule has 8 nitrogen and oxygen atoms in total. The van der Waals surface area contributed by atoms with Gasteiger partial charge in [-0.15, -0.1) is 0 Å². The molecule has 0 aromatic heterocycles. The minimum atomic E-state index is -0.272. The molecule has 3 atom stereocenters. The molecule has 0 aliphatic carbocycles. The Morgan fingerprint density at radius 1 is 1.36 bits per heavy atom. The highest BCUT2D eigenvalue weighted by Crippen LogP contribution is 2.26. The van der Waals surface area contributed by atoms with Crippen molar-refractivity contribution >= 4 is 17.5 Å². The minimum Gasteiger partial charge on any atom is -0.491 e. The monoisotopic (exact) mass is 393 g/mol. The van der Waals surface area contributed by atoms with Crippen LogP contribution in [-0.4, -0.2) is 76.4 Å². The van der Waals surface area contributed by atoms with Crippen LogP contribution >= 0.6 is 0 Å². The highest BCUT2D eigenvalue weighted by molar-refractivity contribution is 5.98. The average Bonchev–Trinajstić information content (AvgIpc) is 2.67. The Kier molecular flexibility index (Phi) is 8.22. The van der Waals surface area contributed by atoms with Crippen molar-refractivity contribution in [1.82, 2.24) is 10.2 Å². The summed E-state index contributed by atoms with van der Waals surface area (Å²) >= 11 is 0. The number of methoxy groups -OCH3 is 2. The molecule has 28 heavy (non-hydrogen) atoms. The maximum Gasteiger partial charge on any atom is 0.257 e. The van der Waals surface area contributed by atoms with Crippen LogP contribution in [0.2, 0.25) is 0 Å².